The number of benzene rings is 1. The van der Waals surface area contributed by atoms with Gasteiger partial charge in [-0.15, -0.1) is 0 Å². The Balaban J connectivity index is 1.50. The number of hydrogen-bond donors (Lipinski definition) is 1. The molecule has 226 valence electrons. The fourth-order valence-corrected chi connectivity index (χ4v) is 6.61. The molecule has 0 spiro atoms. The molecule has 2 aliphatic heterocycles. The number of hydrogen-bond acceptors (Lipinski definition) is 4. The molecule has 0 atom stereocenters. The summed E-state index contributed by atoms with van der Waals surface area (Å²) in [5, 5.41) is 3.14. The first-order valence-electron chi connectivity index (χ1n) is 15.1. The van der Waals surface area contributed by atoms with Gasteiger partial charge in [0.1, 0.15) is 0 Å². The third kappa shape index (κ3) is 7.00. The fraction of sp³-hybridized carbons (Fsp3) is 0.656. The molecule has 1 saturated carbocycles. The van der Waals surface area contributed by atoms with Gasteiger partial charge in [-0.1, -0.05) is 31.4 Å². The van der Waals surface area contributed by atoms with E-state index in [-0.39, 0.29) is 29.6 Å². The van der Waals surface area contributed by atoms with E-state index < -0.39 is 11.7 Å². The average Bonchev–Trinajstić information content (AvgIpc) is 3.26. The summed E-state index contributed by atoms with van der Waals surface area (Å²) in [6, 6.07) is 6.55. The first-order chi connectivity index (χ1) is 19.5. The monoisotopic (exact) mass is 575 g/mol. The van der Waals surface area contributed by atoms with Gasteiger partial charge in [-0.2, -0.15) is 13.2 Å². The first-order valence-corrected chi connectivity index (χ1v) is 15.1. The molecule has 3 heterocycles. The van der Waals surface area contributed by atoms with E-state index in [0.717, 1.165) is 31.4 Å². The summed E-state index contributed by atoms with van der Waals surface area (Å²) in [5.74, 6) is 0.283. The molecule has 41 heavy (non-hydrogen) atoms. The third-order valence-electron chi connectivity index (χ3n) is 9.22. The molecule has 5 rings (SSSR count). The Labute approximate surface area is 241 Å². The van der Waals surface area contributed by atoms with Crippen molar-refractivity contribution in [2.45, 2.75) is 96.6 Å². The van der Waals surface area contributed by atoms with Crippen LogP contribution in [0.1, 0.15) is 86.0 Å². The number of alkyl halides is 3. The highest BCUT2D eigenvalue weighted by Gasteiger charge is 2.37. The minimum absolute atomic E-state index is 0.0429. The largest absolute Gasteiger partial charge is 0.416 e. The molecule has 1 aliphatic carbocycles. The van der Waals surface area contributed by atoms with Crippen LogP contribution >= 0.6 is 0 Å². The summed E-state index contributed by atoms with van der Waals surface area (Å²) in [5.41, 5.74) is 1.81. The van der Waals surface area contributed by atoms with Crippen molar-refractivity contribution in [3.8, 4) is 11.3 Å². The number of rotatable bonds is 7. The Bertz CT molecular complexity index is 1210. The van der Waals surface area contributed by atoms with E-state index in [1.165, 1.54) is 25.3 Å². The van der Waals surface area contributed by atoms with E-state index in [1.54, 1.807) is 18.2 Å². The van der Waals surface area contributed by atoms with Gasteiger partial charge in [0.2, 0.25) is 0 Å². The van der Waals surface area contributed by atoms with Gasteiger partial charge in [0.15, 0.2) is 0 Å². The van der Waals surface area contributed by atoms with E-state index in [1.807, 2.05) is 20.8 Å². The molecule has 2 saturated heterocycles. The molecule has 0 bridgehead atoms. The normalized spacial score (nSPS) is 21.2. The number of carbonyl (C=O) groups excluding carboxylic acids is 1. The number of ether oxygens (including phenoxy) is 2. The molecule has 2 aromatic rings. The summed E-state index contributed by atoms with van der Waals surface area (Å²) in [6.07, 6.45) is 2.79. The van der Waals surface area contributed by atoms with Crippen molar-refractivity contribution >= 4 is 5.91 Å². The topological polar surface area (TPSA) is 55.7 Å². The van der Waals surface area contributed by atoms with Crippen molar-refractivity contribution < 1.29 is 27.4 Å². The van der Waals surface area contributed by atoms with Crippen molar-refractivity contribution in [2.24, 2.45) is 5.92 Å². The minimum Gasteiger partial charge on any atom is -0.381 e. The highest BCUT2D eigenvalue weighted by molar-refractivity contribution is 5.97. The number of halogens is 3. The van der Waals surface area contributed by atoms with Crippen LogP contribution < -0.4 is 5.32 Å². The summed E-state index contributed by atoms with van der Waals surface area (Å²) in [7, 11) is 0. The Morgan fingerprint density at radius 3 is 2.44 bits per heavy atom. The second-order valence-corrected chi connectivity index (χ2v) is 12.7. The Morgan fingerprint density at radius 2 is 1.76 bits per heavy atom. The van der Waals surface area contributed by atoms with Crippen molar-refractivity contribution in [1.82, 2.24) is 14.8 Å². The molecule has 1 aromatic carbocycles. The molecule has 3 aliphatic rings. The fourth-order valence-electron chi connectivity index (χ4n) is 6.61. The second-order valence-electron chi connectivity index (χ2n) is 12.7. The van der Waals surface area contributed by atoms with Crippen molar-refractivity contribution in [1.29, 1.82) is 0 Å². The maximum Gasteiger partial charge on any atom is 0.416 e. The number of nitrogens with one attached hydrogen (secondary N) is 1. The molecule has 0 unspecified atom stereocenters. The highest BCUT2D eigenvalue weighted by atomic mass is 19.4. The summed E-state index contributed by atoms with van der Waals surface area (Å²) < 4.78 is 56.6. The van der Waals surface area contributed by atoms with Gasteiger partial charge >= 0.3 is 6.18 Å². The third-order valence-corrected chi connectivity index (χ3v) is 9.22. The van der Waals surface area contributed by atoms with Crippen molar-refractivity contribution in [3.63, 3.8) is 0 Å². The van der Waals surface area contributed by atoms with E-state index in [0.29, 0.717) is 62.3 Å². The predicted octanol–water partition coefficient (Wildman–Crippen LogP) is 6.58. The van der Waals surface area contributed by atoms with E-state index in [2.05, 4.69) is 14.8 Å². The second kappa shape index (κ2) is 12.5. The molecule has 6 nitrogen and oxygen atoms in total. The molecule has 1 N–H and O–H groups in total. The lowest BCUT2D eigenvalue weighted by atomic mass is 9.89. The quantitative estimate of drug-likeness (QED) is 0.405. The van der Waals surface area contributed by atoms with Crippen LogP contribution in [0, 0.1) is 12.8 Å². The minimum atomic E-state index is -4.50. The van der Waals surface area contributed by atoms with Gasteiger partial charge in [-0.05, 0) is 75.6 Å². The maximum absolute atomic E-state index is 14.5. The number of nitrogens with zero attached hydrogens (tertiary/aromatic N) is 2. The molecule has 0 radical (unpaired) electrons. The Kier molecular flexibility index (Phi) is 9.16. The summed E-state index contributed by atoms with van der Waals surface area (Å²) in [4.78, 5) is 15.5. The van der Waals surface area contributed by atoms with Crippen molar-refractivity contribution in [2.75, 3.05) is 33.0 Å². The van der Waals surface area contributed by atoms with Crippen LogP contribution in [0.4, 0.5) is 13.2 Å². The van der Waals surface area contributed by atoms with Gasteiger partial charge in [0, 0.05) is 55.8 Å². The van der Waals surface area contributed by atoms with Crippen LogP contribution in [0.5, 0.6) is 0 Å². The molecule has 3 fully saturated rings. The molecular formula is C32H44F3N3O3. The first kappa shape index (κ1) is 30.1. The average molecular weight is 576 g/mol. The van der Waals surface area contributed by atoms with Gasteiger partial charge in [-0.3, -0.25) is 9.69 Å². The maximum atomic E-state index is 14.5. The predicted molar refractivity (Wildman–Crippen MR) is 153 cm³/mol. The molecular weight excluding hydrogens is 531 g/mol. The highest BCUT2D eigenvalue weighted by Crippen LogP contribution is 2.38. The van der Waals surface area contributed by atoms with Crippen LogP contribution in [0.25, 0.3) is 11.3 Å². The van der Waals surface area contributed by atoms with Crippen LogP contribution in [0.2, 0.25) is 0 Å². The SMILES string of the molecule is Cc1c(C(=O)NC2CCOCC2)cc(-c2ccc(CN3CCOCC3(C)C)c(C(F)(F)F)c2)n1CC1CCCCC1. The van der Waals surface area contributed by atoms with Gasteiger partial charge in [0.25, 0.3) is 5.91 Å². The van der Waals surface area contributed by atoms with E-state index in [4.69, 9.17) is 9.47 Å². The van der Waals surface area contributed by atoms with Crippen LogP contribution in [-0.2, 0) is 28.7 Å². The standard InChI is InChI=1S/C32H44F3N3O3/c1-22-27(30(39)36-26-11-14-40-15-12-26)18-29(38(22)19-23-7-5-4-6-8-23)24-9-10-25(28(17-24)32(33,34)35)20-37-13-16-41-21-31(37,2)3/h9-10,17-18,23,26H,4-8,11-16,19-21H2,1-3H3,(H,36,39). The van der Waals surface area contributed by atoms with Crippen LogP contribution in [0.3, 0.4) is 0 Å². The number of carbonyl (C=O) groups is 1. The lowest BCUT2D eigenvalue weighted by molar-refractivity contribution is -0.139. The lowest BCUT2D eigenvalue weighted by Crippen LogP contribution is -2.52. The zero-order valence-electron chi connectivity index (χ0n) is 24.6. The smallest absolute Gasteiger partial charge is 0.381 e. The van der Waals surface area contributed by atoms with Gasteiger partial charge in [0.05, 0.1) is 24.3 Å². The summed E-state index contributed by atoms with van der Waals surface area (Å²) in [6.45, 7) is 9.64. The molecule has 9 heteroatoms. The Morgan fingerprint density at radius 1 is 1.02 bits per heavy atom. The van der Waals surface area contributed by atoms with Gasteiger partial charge in [-0.25, -0.2) is 0 Å². The zero-order chi connectivity index (χ0) is 29.2. The number of aromatic nitrogens is 1. The van der Waals surface area contributed by atoms with E-state index >= 15 is 0 Å². The summed E-state index contributed by atoms with van der Waals surface area (Å²) >= 11 is 0. The van der Waals surface area contributed by atoms with E-state index in [9.17, 15) is 18.0 Å². The lowest BCUT2D eigenvalue weighted by Gasteiger charge is -2.42. The number of amides is 1. The zero-order valence-corrected chi connectivity index (χ0v) is 24.6. The van der Waals surface area contributed by atoms with Crippen molar-refractivity contribution in [3.05, 3.63) is 46.6 Å². The van der Waals surface area contributed by atoms with Gasteiger partial charge < -0.3 is 19.4 Å². The Hall–Kier alpha value is -2.36. The van der Waals surface area contributed by atoms with Crippen LogP contribution in [0.15, 0.2) is 24.3 Å². The van der Waals surface area contributed by atoms with Crippen LogP contribution in [-0.4, -0.2) is 59.9 Å². The number of morpholine rings is 1. The molecule has 1 aromatic heterocycles. The molecule has 1 amide bonds.